The molecule has 2 aromatic rings. The number of anilines is 1. The fourth-order valence-corrected chi connectivity index (χ4v) is 3.41. The summed E-state index contributed by atoms with van der Waals surface area (Å²) in [6.07, 6.45) is -0.366. The molecule has 0 radical (unpaired) electrons. The predicted octanol–water partition coefficient (Wildman–Crippen LogP) is 1.98. The minimum atomic E-state index is -3.86. The van der Waals surface area contributed by atoms with E-state index in [4.69, 9.17) is 9.47 Å². The maximum atomic E-state index is 13.7. The van der Waals surface area contributed by atoms with Crippen molar-refractivity contribution >= 4 is 33.3 Å². The lowest BCUT2D eigenvalue weighted by Gasteiger charge is -2.09. The fraction of sp³-hybridized carbons (Fsp3) is 0.263. The molecule has 32 heavy (non-hydrogen) atoms. The molecule has 0 aromatic heterocycles. The number of halogens is 1. The molecule has 0 unspecified atom stereocenters. The molecule has 0 bridgehead atoms. The van der Waals surface area contributed by atoms with E-state index in [9.17, 15) is 32.5 Å². The molecule has 0 aliphatic rings. The van der Waals surface area contributed by atoms with Crippen molar-refractivity contribution in [2.75, 3.05) is 25.1 Å². The van der Waals surface area contributed by atoms with Gasteiger partial charge in [0.05, 0.1) is 28.5 Å². The number of sulfonamides is 1. The number of hydrogen-bond acceptors (Lipinski definition) is 8. The van der Waals surface area contributed by atoms with Crippen molar-refractivity contribution in [2.24, 2.45) is 0 Å². The summed E-state index contributed by atoms with van der Waals surface area (Å²) in [5.41, 5.74) is -0.873. The first-order chi connectivity index (χ1) is 15.1. The molecule has 1 amide bonds. The van der Waals surface area contributed by atoms with Crippen molar-refractivity contribution < 1.29 is 36.8 Å². The SMILES string of the molecule is CCOc1ccc(S(=O)(=O)NCCC(=O)OCC(=O)Nc2cc([N+](=O)[O-])ccc2F)cc1. The van der Waals surface area contributed by atoms with E-state index in [2.05, 4.69) is 10.0 Å². The number of carbonyl (C=O) groups excluding carboxylic acids is 2. The van der Waals surface area contributed by atoms with Gasteiger partial charge in [-0.25, -0.2) is 17.5 Å². The monoisotopic (exact) mass is 469 g/mol. The van der Waals surface area contributed by atoms with Crippen LogP contribution in [0.25, 0.3) is 0 Å². The Kier molecular flexibility index (Phi) is 8.61. The van der Waals surface area contributed by atoms with Crippen LogP contribution in [0, 0.1) is 15.9 Å². The zero-order chi connectivity index (χ0) is 23.7. The number of non-ortho nitro benzene ring substituents is 1. The molecule has 0 saturated heterocycles. The summed E-state index contributed by atoms with van der Waals surface area (Å²) in [5, 5.41) is 12.8. The molecule has 2 rings (SSSR count). The molecule has 0 saturated carbocycles. The minimum absolute atomic E-state index is 0.0207. The van der Waals surface area contributed by atoms with Gasteiger partial charge in [0.1, 0.15) is 11.6 Å². The second-order valence-electron chi connectivity index (χ2n) is 6.18. The van der Waals surface area contributed by atoms with Crippen LogP contribution in [-0.4, -0.2) is 45.0 Å². The first kappa shape index (κ1) is 24.7. The largest absolute Gasteiger partial charge is 0.494 e. The maximum Gasteiger partial charge on any atom is 0.307 e. The third kappa shape index (κ3) is 7.28. The van der Waals surface area contributed by atoms with Crippen LogP contribution in [0.5, 0.6) is 5.75 Å². The van der Waals surface area contributed by atoms with Crippen LogP contribution in [0.3, 0.4) is 0 Å². The van der Waals surface area contributed by atoms with Gasteiger partial charge >= 0.3 is 5.97 Å². The molecular formula is C19H20FN3O8S. The molecular weight excluding hydrogens is 449 g/mol. The number of ether oxygens (including phenoxy) is 2. The van der Waals surface area contributed by atoms with Crippen LogP contribution in [0.1, 0.15) is 13.3 Å². The number of benzene rings is 2. The zero-order valence-corrected chi connectivity index (χ0v) is 17.7. The van der Waals surface area contributed by atoms with Gasteiger partial charge in [0.25, 0.3) is 11.6 Å². The molecule has 13 heteroatoms. The molecule has 0 aliphatic heterocycles. The summed E-state index contributed by atoms with van der Waals surface area (Å²) in [4.78, 5) is 33.5. The van der Waals surface area contributed by atoms with Gasteiger partial charge < -0.3 is 14.8 Å². The van der Waals surface area contributed by atoms with Gasteiger partial charge in [0, 0.05) is 18.7 Å². The third-order valence-electron chi connectivity index (χ3n) is 3.87. The van der Waals surface area contributed by atoms with E-state index in [0.717, 1.165) is 18.2 Å². The summed E-state index contributed by atoms with van der Waals surface area (Å²) >= 11 is 0. The summed E-state index contributed by atoms with van der Waals surface area (Å²) in [7, 11) is -3.86. The highest BCUT2D eigenvalue weighted by molar-refractivity contribution is 7.89. The van der Waals surface area contributed by atoms with Crippen LogP contribution >= 0.6 is 0 Å². The van der Waals surface area contributed by atoms with Crippen molar-refractivity contribution in [1.29, 1.82) is 0 Å². The molecule has 0 aliphatic carbocycles. The van der Waals surface area contributed by atoms with Crippen LogP contribution in [0.15, 0.2) is 47.4 Å². The van der Waals surface area contributed by atoms with Crippen LogP contribution < -0.4 is 14.8 Å². The Balaban J connectivity index is 1.79. The smallest absolute Gasteiger partial charge is 0.307 e. The molecule has 2 N–H and O–H groups in total. The summed E-state index contributed by atoms with van der Waals surface area (Å²) < 4.78 is 50.2. The summed E-state index contributed by atoms with van der Waals surface area (Å²) in [6, 6.07) is 8.26. The standard InChI is InChI=1S/C19H20FN3O8S/c1-2-30-14-4-6-15(7-5-14)32(28,29)21-10-9-19(25)31-12-18(24)22-17-11-13(23(26)27)3-8-16(17)20/h3-8,11,21H,2,9-10,12H2,1H3,(H,22,24). The minimum Gasteiger partial charge on any atom is -0.494 e. The van der Waals surface area contributed by atoms with Crippen molar-refractivity contribution in [3.05, 3.63) is 58.4 Å². The number of nitrogens with one attached hydrogen (secondary N) is 2. The van der Waals surface area contributed by atoms with Gasteiger partial charge in [0.2, 0.25) is 10.0 Å². The van der Waals surface area contributed by atoms with E-state index < -0.39 is 50.6 Å². The van der Waals surface area contributed by atoms with Gasteiger partial charge in [0.15, 0.2) is 6.61 Å². The summed E-state index contributed by atoms with van der Waals surface area (Å²) in [5.74, 6) is -2.20. The number of esters is 1. The highest BCUT2D eigenvalue weighted by atomic mass is 32.2. The molecule has 11 nitrogen and oxygen atoms in total. The normalized spacial score (nSPS) is 10.9. The average molecular weight is 469 g/mol. The summed E-state index contributed by atoms with van der Waals surface area (Å²) in [6.45, 7) is 1.16. The lowest BCUT2D eigenvalue weighted by atomic mass is 10.2. The number of hydrogen-bond donors (Lipinski definition) is 2. The zero-order valence-electron chi connectivity index (χ0n) is 16.9. The van der Waals surface area contributed by atoms with E-state index in [-0.39, 0.29) is 17.9 Å². The Morgan fingerprint density at radius 3 is 2.47 bits per heavy atom. The number of amides is 1. The number of rotatable bonds is 11. The number of nitrogens with zero attached hydrogens (tertiary/aromatic N) is 1. The van der Waals surface area contributed by atoms with Gasteiger partial charge in [-0.15, -0.1) is 0 Å². The van der Waals surface area contributed by atoms with Gasteiger partial charge in [-0.1, -0.05) is 0 Å². The Labute approximate surface area is 182 Å². The van der Waals surface area contributed by atoms with E-state index in [1.54, 1.807) is 6.92 Å². The Morgan fingerprint density at radius 1 is 1.16 bits per heavy atom. The topological polar surface area (TPSA) is 154 Å². The lowest BCUT2D eigenvalue weighted by Crippen LogP contribution is -2.28. The van der Waals surface area contributed by atoms with Crippen LogP contribution in [-0.2, 0) is 24.3 Å². The van der Waals surface area contributed by atoms with Gasteiger partial charge in [-0.2, -0.15) is 0 Å². The predicted molar refractivity (Wildman–Crippen MR) is 110 cm³/mol. The van der Waals surface area contributed by atoms with Crippen LogP contribution in [0.2, 0.25) is 0 Å². The highest BCUT2D eigenvalue weighted by Crippen LogP contribution is 2.21. The van der Waals surface area contributed by atoms with E-state index in [1.807, 2.05) is 0 Å². The quantitative estimate of drug-likeness (QED) is 0.288. The van der Waals surface area contributed by atoms with Gasteiger partial charge in [-0.05, 0) is 37.3 Å². The van der Waals surface area contributed by atoms with E-state index >= 15 is 0 Å². The molecule has 0 heterocycles. The molecule has 0 spiro atoms. The van der Waals surface area contributed by atoms with Crippen molar-refractivity contribution in [3.63, 3.8) is 0 Å². The molecule has 0 fully saturated rings. The Hall–Kier alpha value is -3.58. The first-order valence-electron chi connectivity index (χ1n) is 9.24. The Bertz CT molecular complexity index is 1090. The average Bonchev–Trinajstić information content (AvgIpc) is 2.74. The number of nitro benzene ring substituents is 1. The third-order valence-corrected chi connectivity index (χ3v) is 5.34. The highest BCUT2D eigenvalue weighted by Gasteiger charge is 2.16. The lowest BCUT2D eigenvalue weighted by molar-refractivity contribution is -0.384. The van der Waals surface area contributed by atoms with Crippen LogP contribution in [0.4, 0.5) is 15.8 Å². The van der Waals surface area contributed by atoms with Gasteiger partial charge in [-0.3, -0.25) is 19.7 Å². The second-order valence-corrected chi connectivity index (χ2v) is 7.95. The van der Waals surface area contributed by atoms with E-state index in [1.165, 1.54) is 24.3 Å². The number of carbonyl (C=O) groups is 2. The Morgan fingerprint density at radius 2 is 1.84 bits per heavy atom. The van der Waals surface area contributed by atoms with Crippen molar-refractivity contribution in [3.8, 4) is 5.75 Å². The fourth-order valence-electron chi connectivity index (χ4n) is 2.38. The maximum absolute atomic E-state index is 13.7. The van der Waals surface area contributed by atoms with Crippen molar-refractivity contribution in [2.45, 2.75) is 18.2 Å². The molecule has 2 aromatic carbocycles. The second kappa shape index (κ2) is 11.2. The van der Waals surface area contributed by atoms with Crippen molar-refractivity contribution in [1.82, 2.24) is 4.72 Å². The first-order valence-corrected chi connectivity index (χ1v) is 10.7. The molecule has 172 valence electrons. The number of nitro groups is 1. The van der Waals surface area contributed by atoms with E-state index in [0.29, 0.717) is 12.4 Å². The molecule has 0 atom stereocenters.